The molecule has 0 radical (unpaired) electrons. The third-order valence-electron chi connectivity index (χ3n) is 4.11. The maximum absolute atomic E-state index is 14.1. The second-order valence-electron chi connectivity index (χ2n) is 6.64. The Labute approximate surface area is 167 Å². The minimum absolute atomic E-state index is 0.0706. The number of carbonyl (C=O) groups excluding carboxylic acids is 1. The number of sulfone groups is 1. The normalized spacial score (nSPS) is 11.9. The van der Waals surface area contributed by atoms with Crippen molar-refractivity contribution in [2.24, 2.45) is 0 Å². The van der Waals surface area contributed by atoms with E-state index in [0.29, 0.717) is 22.9 Å². The Kier molecular flexibility index (Phi) is 5.78. The molecular formula is C19H20FN3O3S2. The second kappa shape index (κ2) is 7.94. The van der Waals surface area contributed by atoms with Crippen LogP contribution in [-0.4, -0.2) is 57.6 Å². The van der Waals surface area contributed by atoms with Crippen molar-refractivity contribution in [3.8, 4) is 0 Å². The van der Waals surface area contributed by atoms with Crippen LogP contribution < -0.4 is 4.90 Å². The Bertz CT molecular complexity index is 1130. The van der Waals surface area contributed by atoms with E-state index >= 15 is 0 Å². The summed E-state index contributed by atoms with van der Waals surface area (Å²) >= 11 is 1.22. The van der Waals surface area contributed by atoms with Gasteiger partial charge in [0.15, 0.2) is 15.0 Å². The van der Waals surface area contributed by atoms with E-state index in [-0.39, 0.29) is 21.9 Å². The third-order valence-corrected chi connectivity index (χ3v) is 6.27. The van der Waals surface area contributed by atoms with E-state index in [0.717, 1.165) is 6.26 Å². The first-order valence-corrected chi connectivity index (χ1v) is 11.2. The van der Waals surface area contributed by atoms with Crippen molar-refractivity contribution < 1.29 is 17.6 Å². The molecule has 0 aliphatic heterocycles. The topological polar surface area (TPSA) is 70.6 Å². The minimum atomic E-state index is -3.44. The van der Waals surface area contributed by atoms with E-state index in [2.05, 4.69) is 4.98 Å². The van der Waals surface area contributed by atoms with Gasteiger partial charge in [0.1, 0.15) is 11.3 Å². The number of amides is 1. The van der Waals surface area contributed by atoms with Gasteiger partial charge in [0.25, 0.3) is 5.91 Å². The van der Waals surface area contributed by atoms with Gasteiger partial charge in [-0.15, -0.1) is 0 Å². The number of benzene rings is 2. The van der Waals surface area contributed by atoms with Gasteiger partial charge in [-0.1, -0.05) is 23.5 Å². The number of aromatic nitrogens is 1. The Morgan fingerprint density at radius 2 is 1.86 bits per heavy atom. The number of halogens is 1. The number of fused-ring (bicyclic) bond motifs is 1. The highest BCUT2D eigenvalue weighted by Crippen LogP contribution is 2.31. The van der Waals surface area contributed by atoms with Gasteiger partial charge in [0.2, 0.25) is 0 Å². The summed E-state index contributed by atoms with van der Waals surface area (Å²) in [5.41, 5.74) is 0.455. The summed E-state index contributed by atoms with van der Waals surface area (Å²) in [5.74, 6) is -0.828. The van der Waals surface area contributed by atoms with E-state index in [4.69, 9.17) is 0 Å². The summed E-state index contributed by atoms with van der Waals surface area (Å²) in [5, 5.41) is 0.372. The van der Waals surface area contributed by atoms with Crippen LogP contribution >= 0.6 is 11.3 Å². The molecule has 1 aromatic heterocycles. The first kappa shape index (κ1) is 20.4. The lowest BCUT2D eigenvalue weighted by atomic mass is 10.2. The molecule has 0 unspecified atom stereocenters. The van der Waals surface area contributed by atoms with Crippen LogP contribution in [0.1, 0.15) is 10.4 Å². The predicted molar refractivity (Wildman–Crippen MR) is 109 cm³/mol. The number of hydrogen-bond acceptors (Lipinski definition) is 6. The molecule has 6 nitrogen and oxygen atoms in total. The van der Waals surface area contributed by atoms with Crippen molar-refractivity contribution in [1.29, 1.82) is 0 Å². The van der Waals surface area contributed by atoms with Gasteiger partial charge in [0, 0.05) is 24.9 Å². The first-order chi connectivity index (χ1) is 13.2. The van der Waals surface area contributed by atoms with Gasteiger partial charge < -0.3 is 4.90 Å². The molecule has 0 bridgehead atoms. The molecule has 0 fully saturated rings. The van der Waals surface area contributed by atoms with Crippen LogP contribution in [0.3, 0.4) is 0 Å². The van der Waals surface area contributed by atoms with Crippen LogP contribution in [-0.2, 0) is 9.84 Å². The number of likely N-dealkylation sites (N-methyl/N-ethyl adjacent to an activating group) is 1. The SMILES string of the molecule is CN(C)CCN(C(=O)c1cccc(S(C)(=O)=O)c1)c1nc2c(F)cccc2s1. The zero-order chi connectivity index (χ0) is 20.5. The molecule has 28 heavy (non-hydrogen) atoms. The molecule has 2 aromatic carbocycles. The smallest absolute Gasteiger partial charge is 0.260 e. The maximum Gasteiger partial charge on any atom is 0.260 e. The molecule has 1 amide bonds. The van der Waals surface area contributed by atoms with Crippen LogP contribution in [0.15, 0.2) is 47.4 Å². The lowest BCUT2D eigenvalue weighted by Crippen LogP contribution is -2.36. The molecule has 148 valence electrons. The van der Waals surface area contributed by atoms with Gasteiger partial charge in [-0.25, -0.2) is 17.8 Å². The minimum Gasteiger partial charge on any atom is -0.308 e. The molecule has 0 aliphatic carbocycles. The van der Waals surface area contributed by atoms with Crippen LogP contribution in [0, 0.1) is 5.82 Å². The molecule has 0 atom stereocenters. The molecule has 9 heteroatoms. The van der Waals surface area contributed by atoms with Gasteiger partial charge in [-0.05, 0) is 44.4 Å². The van der Waals surface area contributed by atoms with Crippen LogP contribution in [0.2, 0.25) is 0 Å². The molecular weight excluding hydrogens is 401 g/mol. The number of hydrogen-bond donors (Lipinski definition) is 0. The molecule has 3 rings (SSSR count). The van der Waals surface area contributed by atoms with Crippen LogP contribution in [0.4, 0.5) is 9.52 Å². The highest BCUT2D eigenvalue weighted by atomic mass is 32.2. The van der Waals surface area contributed by atoms with Gasteiger partial charge >= 0.3 is 0 Å². The van der Waals surface area contributed by atoms with Crippen molar-refractivity contribution in [2.45, 2.75) is 4.90 Å². The fraction of sp³-hybridized carbons (Fsp3) is 0.263. The fourth-order valence-corrected chi connectivity index (χ4v) is 4.29. The van der Waals surface area contributed by atoms with Crippen LogP contribution in [0.25, 0.3) is 10.2 Å². The number of para-hydroxylation sites is 1. The highest BCUT2D eigenvalue weighted by molar-refractivity contribution is 7.90. The number of anilines is 1. The first-order valence-electron chi connectivity index (χ1n) is 8.48. The highest BCUT2D eigenvalue weighted by Gasteiger charge is 2.23. The Hall–Kier alpha value is -2.36. The average Bonchev–Trinajstić information content (AvgIpc) is 3.06. The largest absolute Gasteiger partial charge is 0.308 e. The molecule has 0 saturated heterocycles. The van der Waals surface area contributed by atoms with E-state index in [9.17, 15) is 17.6 Å². The molecule has 1 heterocycles. The van der Waals surface area contributed by atoms with Gasteiger partial charge in [-0.3, -0.25) is 9.69 Å². The number of thiazole rings is 1. The summed E-state index contributed by atoms with van der Waals surface area (Å²) in [7, 11) is 0.317. The lowest BCUT2D eigenvalue weighted by Gasteiger charge is -2.22. The number of rotatable bonds is 6. The Morgan fingerprint density at radius 3 is 2.50 bits per heavy atom. The number of nitrogens with zero attached hydrogens (tertiary/aromatic N) is 3. The van der Waals surface area contributed by atoms with E-state index in [1.165, 1.54) is 40.5 Å². The lowest BCUT2D eigenvalue weighted by molar-refractivity contribution is 0.0985. The summed E-state index contributed by atoms with van der Waals surface area (Å²) in [6, 6.07) is 10.6. The molecule has 3 aromatic rings. The van der Waals surface area contributed by atoms with Crippen LogP contribution in [0.5, 0.6) is 0 Å². The molecule has 0 saturated carbocycles. The Balaban J connectivity index is 2.04. The maximum atomic E-state index is 14.1. The summed E-state index contributed by atoms with van der Waals surface area (Å²) in [6.07, 6.45) is 1.09. The second-order valence-corrected chi connectivity index (χ2v) is 9.67. The molecule has 0 spiro atoms. The van der Waals surface area contributed by atoms with Crippen molar-refractivity contribution in [3.05, 3.63) is 53.8 Å². The van der Waals surface area contributed by atoms with E-state index in [1.54, 1.807) is 18.2 Å². The average molecular weight is 422 g/mol. The van der Waals surface area contributed by atoms with Crippen molar-refractivity contribution in [1.82, 2.24) is 9.88 Å². The van der Waals surface area contributed by atoms with Crippen molar-refractivity contribution in [3.63, 3.8) is 0 Å². The van der Waals surface area contributed by atoms with Gasteiger partial charge in [-0.2, -0.15) is 0 Å². The van der Waals surface area contributed by atoms with E-state index < -0.39 is 15.7 Å². The molecule has 0 aliphatic rings. The monoisotopic (exact) mass is 421 g/mol. The van der Waals surface area contributed by atoms with Crippen molar-refractivity contribution in [2.75, 3.05) is 38.3 Å². The zero-order valence-electron chi connectivity index (χ0n) is 15.7. The van der Waals surface area contributed by atoms with E-state index in [1.807, 2.05) is 19.0 Å². The summed E-state index contributed by atoms with van der Waals surface area (Å²) < 4.78 is 38.4. The standard InChI is InChI=1S/C19H20FN3O3S2/c1-22(2)10-11-23(19-21-17-15(20)8-5-9-16(17)27-19)18(24)13-6-4-7-14(12-13)28(3,25)26/h4-9,12H,10-11H2,1-3H3. The summed E-state index contributed by atoms with van der Waals surface area (Å²) in [6.45, 7) is 0.895. The summed E-state index contributed by atoms with van der Waals surface area (Å²) in [4.78, 5) is 21.0. The number of carbonyl (C=O) groups is 1. The predicted octanol–water partition coefficient (Wildman–Crippen LogP) is 3.05. The van der Waals surface area contributed by atoms with Gasteiger partial charge in [0.05, 0.1) is 9.60 Å². The zero-order valence-corrected chi connectivity index (χ0v) is 17.3. The van der Waals surface area contributed by atoms with Crippen molar-refractivity contribution >= 4 is 42.4 Å². The molecule has 0 N–H and O–H groups in total. The third kappa shape index (κ3) is 4.37. The Morgan fingerprint density at radius 1 is 1.14 bits per heavy atom. The quantitative estimate of drug-likeness (QED) is 0.612. The fourth-order valence-electron chi connectivity index (χ4n) is 2.62.